The van der Waals surface area contributed by atoms with Gasteiger partial charge in [0.2, 0.25) is 0 Å². The lowest BCUT2D eigenvalue weighted by atomic mass is 10.1. The Labute approximate surface area is 228 Å². The largest absolute Gasteiger partial charge is 1.00 e. The maximum Gasteiger partial charge on any atom is 0.0848 e. The van der Waals surface area contributed by atoms with Gasteiger partial charge < -0.3 is 12.4 Å². The predicted molar refractivity (Wildman–Crippen MR) is 162 cm³/mol. The Kier molecular flexibility index (Phi) is 23.8. The van der Waals surface area contributed by atoms with Crippen molar-refractivity contribution in [3.05, 3.63) is 42.0 Å². The summed E-state index contributed by atoms with van der Waals surface area (Å²) < 4.78 is 0. The van der Waals surface area contributed by atoms with Crippen LogP contribution >= 0.6 is 7.26 Å². The first kappa shape index (κ1) is 34.7. The molecule has 0 aliphatic carbocycles. The summed E-state index contributed by atoms with van der Waals surface area (Å²) in [6, 6.07) is 9.15. The molecule has 0 amide bonds. The average molecular weight is 523 g/mol. The van der Waals surface area contributed by atoms with Crippen LogP contribution < -0.4 is 12.4 Å². The fraction of sp³-hybridized carbons (Fsp3) is 0.758. The van der Waals surface area contributed by atoms with Crippen LogP contribution in [0.4, 0.5) is 0 Å². The lowest BCUT2D eigenvalue weighted by Crippen LogP contribution is -3.00. The minimum atomic E-state index is -0.973. The summed E-state index contributed by atoms with van der Waals surface area (Å²) in [6.07, 6.45) is 33.8. The first-order chi connectivity index (χ1) is 16.7. The van der Waals surface area contributed by atoms with Crippen molar-refractivity contribution in [3.8, 4) is 0 Å². The van der Waals surface area contributed by atoms with E-state index in [9.17, 15) is 0 Å². The van der Waals surface area contributed by atoms with Gasteiger partial charge in [0.15, 0.2) is 0 Å². The SMILES string of the molecule is C=Cc1ccccc1C[P+](CCCCCCCC)(CCCCCCCC)CCCCCCCC.[Cl-]. The van der Waals surface area contributed by atoms with Gasteiger partial charge in [-0.15, -0.1) is 0 Å². The third kappa shape index (κ3) is 16.9. The lowest BCUT2D eigenvalue weighted by molar-refractivity contribution is -0.00000752. The second kappa shape index (κ2) is 24.0. The van der Waals surface area contributed by atoms with Crippen LogP contribution in [0.3, 0.4) is 0 Å². The van der Waals surface area contributed by atoms with Crippen LogP contribution in [-0.2, 0) is 6.16 Å². The van der Waals surface area contributed by atoms with Crippen LogP contribution in [0.25, 0.3) is 6.08 Å². The van der Waals surface area contributed by atoms with Crippen LogP contribution in [0.2, 0.25) is 0 Å². The third-order valence-corrected chi connectivity index (χ3v) is 12.5. The number of hydrogen-bond donors (Lipinski definition) is 0. The first-order valence-corrected chi connectivity index (χ1v) is 17.8. The molecule has 0 spiro atoms. The van der Waals surface area contributed by atoms with E-state index in [0.717, 1.165) is 0 Å². The van der Waals surface area contributed by atoms with Crippen molar-refractivity contribution in [3.63, 3.8) is 0 Å². The maximum absolute atomic E-state index is 4.15. The molecule has 0 atom stereocenters. The third-order valence-electron chi connectivity index (χ3n) is 7.74. The van der Waals surface area contributed by atoms with Gasteiger partial charge in [0, 0.05) is 7.26 Å². The van der Waals surface area contributed by atoms with Crippen LogP contribution in [0, 0.1) is 0 Å². The zero-order valence-electron chi connectivity index (χ0n) is 24.0. The molecule has 0 nitrogen and oxygen atoms in total. The molecule has 204 valence electrons. The number of unbranched alkanes of at least 4 members (excludes halogenated alkanes) is 15. The monoisotopic (exact) mass is 522 g/mol. The highest BCUT2D eigenvalue weighted by atomic mass is 35.5. The molecule has 0 aliphatic heterocycles. The maximum atomic E-state index is 4.15. The normalized spacial score (nSPS) is 11.4. The Morgan fingerprint density at radius 2 is 0.943 bits per heavy atom. The van der Waals surface area contributed by atoms with E-state index in [1.54, 1.807) is 5.56 Å². The number of halogens is 1. The molecule has 0 unspecified atom stereocenters. The van der Waals surface area contributed by atoms with Crippen LogP contribution in [-0.4, -0.2) is 18.5 Å². The minimum absolute atomic E-state index is 0. The first-order valence-electron chi connectivity index (χ1n) is 15.3. The van der Waals surface area contributed by atoms with Crippen molar-refractivity contribution in [1.29, 1.82) is 0 Å². The Hall–Kier alpha value is -0.320. The molecule has 0 saturated heterocycles. The summed E-state index contributed by atoms with van der Waals surface area (Å²) in [7, 11) is -0.973. The molecule has 1 aromatic carbocycles. The van der Waals surface area contributed by atoms with Crippen molar-refractivity contribution in [2.75, 3.05) is 18.5 Å². The summed E-state index contributed by atoms with van der Waals surface area (Å²) in [4.78, 5) is 0. The Bertz CT molecular complexity index is 556. The molecule has 0 fully saturated rings. The van der Waals surface area contributed by atoms with Gasteiger partial charge in [-0.2, -0.15) is 0 Å². The van der Waals surface area contributed by atoms with E-state index in [0.29, 0.717) is 0 Å². The number of rotatable bonds is 24. The van der Waals surface area contributed by atoms with Gasteiger partial charge in [-0.3, -0.25) is 0 Å². The highest BCUT2D eigenvalue weighted by molar-refractivity contribution is 7.75. The van der Waals surface area contributed by atoms with E-state index in [4.69, 9.17) is 0 Å². The average Bonchev–Trinajstić information content (AvgIpc) is 2.86. The van der Waals surface area contributed by atoms with Gasteiger partial charge in [0.25, 0.3) is 0 Å². The van der Waals surface area contributed by atoms with Crippen molar-refractivity contribution in [2.24, 2.45) is 0 Å². The smallest absolute Gasteiger partial charge is 0.0848 e. The van der Waals surface area contributed by atoms with Crippen molar-refractivity contribution < 1.29 is 12.4 Å². The van der Waals surface area contributed by atoms with Crippen LogP contribution in [0.1, 0.15) is 147 Å². The minimum Gasteiger partial charge on any atom is -1.00 e. The Morgan fingerprint density at radius 1 is 0.571 bits per heavy atom. The van der Waals surface area contributed by atoms with E-state index in [2.05, 4.69) is 57.7 Å². The molecule has 0 heterocycles. The number of hydrogen-bond acceptors (Lipinski definition) is 0. The zero-order chi connectivity index (χ0) is 24.7. The summed E-state index contributed by atoms with van der Waals surface area (Å²) in [5.41, 5.74) is 2.98. The quantitative estimate of drug-likeness (QED) is 0.0938. The summed E-state index contributed by atoms with van der Waals surface area (Å²) in [5.74, 6) is 0. The molecule has 0 bridgehead atoms. The van der Waals surface area contributed by atoms with Crippen molar-refractivity contribution >= 4 is 13.3 Å². The second-order valence-corrected chi connectivity index (χ2v) is 15.2. The van der Waals surface area contributed by atoms with Gasteiger partial charge >= 0.3 is 0 Å². The van der Waals surface area contributed by atoms with E-state index in [1.165, 1.54) is 146 Å². The fourth-order valence-corrected chi connectivity index (χ4v) is 10.3. The van der Waals surface area contributed by atoms with Gasteiger partial charge in [-0.05, 0) is 49.7 Å². The Morgan fingerprint density at radius 3 is 1.34 bits per heavy atom. The van der Waals surface area contributed by atoms with E-state index in [1.807, 2.05) is 0 Å². The summed E-state index contributed by atoms with van der Waals surface area (Å²) in [5, 5.41) is 0. The molecule has 0 aliphatic rings. The molecule has 2 heteroatoms. The van der Waals surface area contributed by atoms with Gasteiger partial charge in [-0.1, -0.05) is 135 Å². The highest BCUT2D eigenvalue weighted by Gasteiger charge is 2.36. The molecular formula is C33H60ClP. The van der Waals surface area contributed by atoms with Crippen molar-refractivity contribution in [1.82, 2.24) is 0 Å². The molecule has 1 aromatic rings. The van der Waals surface area contributed by atoms with E-state index < -0.39 is 7.26 Å². The molecule has 1 rings (SSSR count). The number of benzene rings is 1. The fourth-order valence-electron chi connectivity index (χ4n) is 5.49. The van der Waals surface area contributed by atoms with Crippen molar-refractivity contribution in [2.45, 2.75) is 143 Å². The predicted octanol–water partition coefficient (Wildman–Crippen LogP) is 8.93. The molecular weight excluding hydrogens is 463 g/mol. The van der Waals surface area contributed by atoms with Crippen LogP contribution in [0.15, 0.2) is 30.8 Å². The topological polar surface area (TPSA) is 0 Å². The van der Waals surface area contributed by atoms with E-state index in [-0.39, 0.29) is 12.4 Å². The molecule has 35 heavy (non-hydrogen) atoms. The highest BCUT2D eigenvalue weighted by Crippen LogP contribution is 2.63. The zero-order valence-corrected chi connectivity index (χ0v) is 25.6. The second-order valence-electron chi connectivity index (χ2n) is 10.9. The molecule has 0 saturated carbocycles. The van der Waals surface area contributed by atoms with Crippen LogP contribution in [0.5, 0.6) is 0 Å². The molecule has 0 radical (unpaired) electrons. The van der Waals surface area contributed by atoms with E-state index >= 15 is 0 Å². The van der Waals surface area contributed by atoms with Gasteiger partial charge in [0.1, 0.15) is 0 Å². The Balaban J connectivity index is 0.0000116. The van der Waals surface area contributed by atoms with Gasteiger partial charge in [-0.25, -0.2) is 0 Å². The molecule has 0 N–H and O–H groups in total. The standard InChI is InChI=1S/C33H60P.ClH/c1-5-9-12-15-18-23-28-34(29-24-19-16-13-10-6-2,30-25-20-17-14-11-7-3)31-33-27-22-21-26-32(33)8-4;/h8,21-22,26-27H,4-7,9-20,23-25,28-31H2,1-3H3;1H/q+1;/p-1. The summed E-state index contributed by atoms with van der Waals surface area (Å²) in [6.45, 7) is 11.1. The lowest BCUT2D eigenvalue weighted by Gasteiger charge is -2.29. The van der Waals surface area contributed by atoms with Gasteiger partial charge in [0.05, 0.1) is 24.6 Å². The summed E-state index contributed by atoms with van der Waals surface area (Å²) >= 11 is 0. The molecule has 0 aromatic heterocycles.